The molecule has 1 aliphatic rings. The van der Waals surface area contributed by atoms with Gasteiger partial charge in [0.05, 0.1) is 6.54 Å². The Hall–Kier alpha value is -1.10. The first-order valence-corrected chi connectivity index (χ1v) is 6.32. The van der Waals surface area contributed by atoms with Gasteiger partial charge < -0.3 is 15.3 Å². The SMILES string of the molecule is CC(CCC(=O)O)NCC(=O)N1CCCCC1. The third-order valence-corrected chi connectivity index (χ3v) is 3.10. The predicted octanol–water partition coefficient (Wildman–Crippen LogP) is 0.842. The number of hydrogen-bond acceptors (Lipinski definition) is 3. The van der Waals surface area contributed by atoms with Crippen LogP contribution in [0.15, 0.2) is 0 Å². The van der Waals surface area contributed by atoms with Crippen molar-refractivity contribution in [2.45, 2.75) is 45.1 Å². The number of carboxylic acids is 1. The maximum atomic E-state index is 11.8. The summed E-state index contributed by atoms with van der Waals surface area (Å²) in [6, 6.07) is 0.0693. The monoisotopic (exact) mass is 242 g/mol. The van der Waals surface area contributed by atoms with E-state index in [2.05, 4.69) is 5.32 Å². The summed E-state index contributed by atoms with van der Waals surface area (Å²) < 4.78 is 0. The van der Waals surface area contributed by atoms with Crippen LogP contribution in [0.2, 0.25) is 0 Å². The molecule has 0 spiro atoms. The maximum absolute atomic E-state index is 11.8. The number of carboxylic acid groups (broad SMARTS) is 1. The van der Waals surface area contributed by atoms with Crippen LogP contribution in [0.3, 0.4) is 0 Å². The molecule has 1 atom stereocenters. The highest BCUT2D eigenvalue weighted by Gasteiger charge is 2.16. The second kappa shape index (κ2) is 7.27. The summed E-state index contributed by atoms with van der Waals surface area (Å²) in [5.74, 6) is -0.659. The van der Waals surface area contributed by atoms with Crippen LogP contribution in [0.1, 0.15) is 39.0 Å². The van der Waals surface area contributed by atoms with Crippen LogP contribution >= 0.6 is 0 Å². The van der Waals surface area contributed by atoms with Crippen molar-refractivity contribution in [3.05, 3.63) is 0 Å². The summed E-state index contributed by atoms with van der Waals surface area (Å²) in [7, 11) is 0. The van der Waals surface area contributed by atoms with Crippen molar-refractivity contribution >= 4 is 11.9 Å². The van der Waals surface area contributed by atoms with Gasteiger partial charge in [0.1, 0.15) is 0 Å². The van der Waals surface area contributed by atoms with E-state index in [1.807, 2.05) is 11.8 Å². The standard InChI is InChI=1S/C12H22N2O3/c1-10(5-6-12(16)17)13-9-11(15)14-7-3-2-4-8-14/h10,13H,2-9H2,1H3,(H,16,17). The molecule has 1 aliphatic heterocycles. The number of aliphatic carboxylic acids is 1. The summed E-state index contributed by atoms with van der Waals surface area (Å²) in [4.78, 5) is 24.1. The third kappa shape index (κ3) is 5.68. The van der Waals surface area contributed by atoms with E-state index in [1.54, 1.807) is 0 Å². The minimum Gasteiger partial charge on any atom is -0.481 e. The van der Waals surface area contributed by atoms with Crippen LogP contribution in [0.4, 0.5) is 0 Å². The number of amides is 1. The number of nitrogens with one attached hydrogen (secondary N) is 1. The molecule has 0 aromatic heterocycles. The molecule has 0 radical (unpaired) electrons. The molecule has 0 aromatic carbocycles. The van der Waals surface area contributed by atoms with E-state index in [0.717, 1.165) is 25.9 Å². The van der Waals surface area contributed by atoms with Crippen LogP contribution in [-0.4, -0.2) is 47.6 Å². The summed E-state index contributed by atoms with van der Waals surface area (Å²) >= 11 is 0. The lowest BCUT2D eigenvalue weighted by atomic mass is 10.1. The number of likely N-dealkylation sites (tertiary alicyclic amines) is 1. The lowest BCUT2D eigenvalue weighted by molar-refractivity contribution is -0.137. The molecule has 5 nitrogen and oxygen atoms in total. The highest BCUT2D eigenvalue weighted by Crippen LogP contribution is 2.08. The van der Waals surface area contributed by atoms with Gasteiger partial charge >= 0.3 is 5.97 Å². The topological polar surface area (TPSA) is 69.6 Å². The number of rotatable bonds is 6. The molecule has 0 saturated carbocycles. The number of carbonyl (C=O) groups is 2. The molecular weight excluding hydrogens is 220 g/mol. The van der Waals surface area contributed by atoms with E-state index in [9.17, 15) is 9.59 Å². The van der Waals surface area contributed by atoms with E-state index in [0.29, 0.717) is 13.0 Å². The molecule has 1 saturated heterocycles. The maximum Gasteiger partial charge on any atom is 0.303 e. The minimum absolute atomic E-state index is 0.0693. The Balaban J connectivity index is 2.15. The van der Waals surface area contributed by atoms with Crippen LogP contribution in [0.5, 0.6) is 0 Å². The average Bonchev–Trinajstić information content (AvgIpc) is 2.34. The summed E-state index contributed by atoms with van der Waals surface area (Å²) in [5.41, 5.74) is 0. The van der Waals surface area contributed by atoms with Gasteiger partial charge in [-0.25, -0.2) is 0 Å². The largest absolute Gasteiger partial charge is 0.481 e. The molecule has 1 amide bonds. The Morgan fingerprint density at radius 2 is 1.94 bits per heavy atom. The van der Waals surface area contributed by atoms with Crippen LogP contribution in [-0.2, 0) is 9.59 Å². The Bertz CT molecular complexity index is 262. The average molecular weight is 242 g/mol. The fourth-order valence-electron chi connectivity index (χ4n) is 1.96. The molecule has 0 aliphatic carbocycles. The molecule has 5 heteroatoms. The lowest BCUT2D eigenvalue weighted by Crippen LogP contribution is -2.43. The van der Waals surface area contributed by atoms with Crippen molar-refractivity contribution in [3.63, 3.8) is 0 Å². The van der Waals surface area contributed by atoms with E-state index < -0.39 is 5.97 Å². The van der Waals surface area contributed by atoms with Gasteiger partial charge in [0.25, 0.3) is 0 Å². The van der Waals surface area contributed by atoms with Gasteiger partial charge in [-0.3, -0.25) is 9.59 Å². The Morgan fingerprint density at radius 1 is 1.29 bits per heavy atom. The van der Waals surface area contributed by atoms with Crippen molar-refractivity contribution in [2.24, 2.45) is 0 Å². The number of nitrogens with zero attached hydrogens (tertiary/aromatic N) is 1. The van der Waals surface area contributed by atoms with Crippen molar-refractivity contribution in [1.29, 1.82) is 0 Å². The summed E-state index contributed by atoms with van der Waals surface area (Å²) in [5, 5.41) is 11.6. The number of hydrogen-bond donors (Lipinski definition) is 2. The highest BCUT2D eigenvalue weighted by atomic mass is 16.4. The minimum atomic E-state index is -0.791. The fourth-order valence-corrected chi connectivity index (χ4v) is 1.96. The van der Waals surface area contributed by atoms with Gasteiger partial charge in [0, 0.05) is 25.6 Å². The van der Waals surface area contributed by atoms with Crippen molar-refractivity contribution in [3.8, 4) is 0 Å². The zero-order valence-corrected chi connectivity index (χ0v) is 10.4. The first-order chi connectivity index (χ1) is 8.09. The van der Waals surface area contributed by atoms with Crippen molar-refractivity contribution in [2.75, 3.05) is 19.6 Å². The Kier molecular flexibility index (Phi) is 5.97. The Labute approximate surface area is 102 Å². The van der Waals surface area contributed by atoms with Crippen LogP contribution in [0.25, 0.3) is 0 Å². The molecule has 1 rings (SSSR count). The van der Waals surface area contributed by atoms with Gasteiger partial charge in [0.2, 0.25) is 5.91 Å². The summed E-state index contributed by atoms with van der Waals surface area (Å²) in [6.07, 6.45) is 4.11. The molecule has 2 N–H and O–H groups in total. The van der Waals surface area contributed by atoms with Crippen LogP contribution in [0, 0.1) is 0 Å². The molecule has 98 valence electrons. The second-order valence-corrected chi connectivity index (χ2v) is 4.66. The van der Waals surface area contributed by atoms with Gasteiger partial charge in [-0.2, -0.15) is 0 Å². The first-order valence-electron chi connectivity index (χ1n) is 6.32. The van der Waals surface area contributed by atoms with Crippen molar-refractivity contribution in [1.82, 2.24) is 10.2 Å². The van der Waals surface area contributed by atoms with E-state index >= 15 is 0 Å². The lowest BCUT2D eigenvalue weighted by Gasteiger charge is -2.27. The molecule has 0 aromatic rings. The molecule has 1 heterocycles. The summed E-state index contributed by atoms with van der Waals surface area (Å²) in [6.45, 7) is 3.96. The van der Waals surface area contributed by atoms with E-state index in [4.69, 9.17) is 5.11 Å². The Morgan fingerprint density at radius 3 is 2.53 bits per heavy atom. The number of carbonyl (C=O) groups excluding carboxylic acids is 1. The smallest absolute Gasteiger partial charge is 0.303 e. The molecule has 1 fully saturated rings. The zero-order valence-electron chi connectivity index (χ0n) is 10.4. The van der Waals surface area contributed by atoms with Gasteiger partial charge in [0.15, 0.2) is 0 Å². The second-order valence-electron chi connectivity index (χ2n) is 4.66. The van der Waals surface area contributed by atoms with Crippen molar-refractivity contribution < 1.29 is 14.7 Å². The predicted molar refractivity (Wildman–Crippen MR) is 64.8 cm³/mol. The molecule has 1 unspecified atom stereocenters. The van der Waals surface area contributed by atoms with E-state index in [1.165, 1.54) is 6.42 Å². The molecular formula is C12H22N2O3. The first kappa shape index (κ1) is 14.0. The van der Waals surface area contributed by atoms with E-state index in [-0.39, 0.29) is 18.4 Å². The highest BCUT2D eigenvalue weighted by molar-refractivity contribution is 5.78. The van der Waals surface area contributed by atoms with Crippen LogP contribution < -0.4 is 5.32 Å². The normalized spacial score (nSPS) is 17.8. The van der Waals surface area contributed by atoms with Gasteiger partial charge in [-0.15, -0.1) is 0 Å². The quantitative estimate of drug-likeness (QED) is 0.724. The third-order valence-electron chi connectivity index (χ3n) is 3.10. The van der Waals surface area contributed by atoms with Gasteiger partial charge in [-0.05, 0) is 32.6 Å². The number of piperidine rings is 1. The molecule has 17 heavy (non-hydrogen) atoms. The van der Waals surface area contributed by atoms with Gasteiger partial charge in [-0.1, -0.05) is 0 Å². The zero-order chi connectivity index (χ0) is 12.7. The fraction of sp³-hybridized carbons (Fsp3) is 0.833. The molecule has 0 bridgehead atoms.